The molecule has 0 aliphatic heterocycles. The molecule has 0 fully saturated rings. The van der Waals surface area contributed by atoms with Crippen molar-refractivity contribution >= 4 is 21.9 Å². The van der Waals surface area contributed by atoms with Crippen LogP contribution in [0.1, 0.15) is 32.5 Å². The average Bonchev–Trinajstić information content (AvgIpc) is 2.48. The molecule has 5 heteroatoms. The zero-order valence-corrected chi connectivity index (χ0v) is 10.7. The van der Waals surface area contributed by atoms with Gasteiger partial charge in [-0.3, -0.25) is 4.79 Å². The maximum absolute atomic E-state index is 10.8. The van der Waals surface area contributed by atoms with Gasteiger partial charge in [0.1, 0.15) is 10.4 Å². The lowest BCUT2D eigenvalue weighted by molar-refractivity contribution is -0.141. The Morgan fingerprint density at radius 1 is 1.60 bits per heavy atom. The molecule has 1 aromatic rings. The fourth-order valence-corrected chi connectivity index (χ4v) is 1.79. The highest BCUT2D eigenvalue weighted by Gasteiger charge is 2.17. The molecule has 0 radical (unpaired) electrons. The van der Waals surface area contributed by atoms with Crippen molar-refractivity contribution in [3.05, 3.63) is 16.6 Å². The zero-order valence-electron chi connectivity index (χ0n) is 9.07. The fraction of sp³-hybridized carbons (Fsp3) is 0.600. The summed E-state index contributed by atoms with van der Waals surface area (Å²) in [5, 5.41) is 8.85. The van der Waals surface area contributed by atoms with Crippen molar-refractivity contribution in [3.8, 4) is 0 Å². The molecule has 1 heterocycles. The first kappa shape index (κ1) is 12.2. The first-order valence-corrected chi connectivity index (χ1v) is 5.66. The van der Waals surface area contributed by atoms with Crippen molar-refractivity contribution in [2.45, 2.75) is 33.2 Å². The minimum atomic E-state index is -0.787. The number of carbonyl (C=O) groups is 1. The van der Waals surface area contributed by atoms with Crippen LogP contribution in [0.5, 0.6) is 0 Å². The van der Waals surface area contributed by atoms with E-state index >= 15 is 0 Å². The number of halogens is 1. The van der Waals surface area contributed by atoms with Crippen LogP contribution in [0.15, 0.2) is 10.8 Å². The molecule has 1 atom stereocenters. The normalized spacial score (nSPS) is 13.1. The van der Waals surface area contributed by atoms with Gasteiger partial charge in [0, 0.05) is 12.5 Å². The first-order chi connectivity index (χ1) is 6.93. The van der Waals surface area contributed by atoms with Gasteiger partial charge in [0.25, 0.3) is 0 Å². The first-order valence-electron chi connectivity index (χ1n) is 4.87. The van der Waals surface area contributed by atoms with Crippen molar-refractivity contribution in [1.82, 2.24) is 9.55 Å². The second kappa shape index (κ2) is 4.79. The topological polar surface area (TPSA) is 55.1 Å². The van der Waals surface area contributed by atoms with Crippen LogP contribution < -0.4 is 0 Å². The molecular formula is C10H15BrN2O2. The second-order valence-electron chi connectivity index (χ2n) is 3.94. The van der Waals surface area contributed by atoms with Crippen LogP contribution in [-0.4, -0.2) is 20.6 Å². The molecule has 4 nitrogen and oxygen atoms in total. The summed E-state index contributed by atoms with van der Waals surface area (Å²) in [5.74, 6) is 0.00516. The van der Waals surface area contributed by atoms with Crippen LogP contribution in [-0.2, 0) is 11.3 Å². The van der Waals surface area contributed by atoms with Gasteiger partial charge in [0.2, 0.25) is 0 Å². The Labute approximate surface area is 97.4 Å². The Balaban J connectivity index is 2.92. The minimum absolute atomic E-state index is 0.289. The van der Waals surface area contributed by atoms with Gasteiger partial charge in [-0.2, -0.15) is 0 Å². The van der Waals surface area contributed by atoms with E-state index < -0.39 is 11.9 Å². The highest BCUT2D eigenvalue weighted by molar-refractivity contribution is 9.10. The molecule has 1 N–H and O–H groups in total. The number of carboxylic acids is 1. The molecule has 0 aliphatic rings. The van der Waals surface area contributed by atoms with Crippen molar-refractivity contribution < 1.29 is 9.90 Å². The van der Waals surface area contributed by atoms with Crippen molar-refractivity contribution in [2.75, 3.05) is 0 Å². The highest BCUT2D eigenvalue weighted by atomic mass is 79.9. The quantitative estimate of drug-likeness (QED) is 0.918. The number of rotatable bonds is 4. The lowest BCUT2D eigenvalue weighted by Crippen LogP contribution is -2.18. The van der Waals surface area contributed by atoms with E-state index in [4.69, 9.17) is 5.11 Å². The number of aliphatic carboxylic acids is 1. The summed E-state index contributed by atoms with van der Waals surface area (Å²) in [7, 11) is 0. The molecule has 0 aromatic carbocycles. The third kappa shape index (κ3) is 2.81. The molecule has 1 rings (SSSR count). The molecule has 84 valence electrons. The summed E-state index contributed by atoms with van der Waals surface area (Å²) in [5.41, 5.74) is 0. The molecule has 0 amide bonds. The van der Waals surface area contributed by atoms with E-state index in [-0.39, 0.29) is 5.92 Å². The Hall–Kier alpha value is -0.840. The molecule has 15 heavy (non-hydrogen) atoms. The van der Waals surface area contributed by atoms with Crippen LogP contribution in [0.4, 0.5) is 0 Å². The number of hydrogen-bond acceptors (Lipinski definition) is 2. The van der Waals surface area contributed by atoms with Gasteiger partial charge in [0.15, 0.2) is 0 Å². The van der Waals surface area contributed by atoms with Gasteiger partial charge in [-0.25, -0.2) is 4.98 Å². The lowest BCUT2D eigenvalue weighted by Gasteiger charge is -2.13. The highest BCUT2D eigenvalue weighted by Crippen LogP contribution is 2.20. The maximum Gasteiger partial charge on any atom is 0.308 e. The van der Waals surface area contributed by atoms with Crippen LogP contribution in [0.3, 0.4) is 0 Å². The Morgan fingerprint density at radius 3 is 2.67 bits per heavy atom. The zero-order chi connectivity index (χ0) is 11.6. The molecule has 0 saturated heterocycles. The number of carboxylic acid groups (broad SMARTS) is 1. The van der Waals surface area contributed by atoms with E-state index in [1.165, 1.54) is 0 Å². The van der Waals surface area contributed by atoms with Crippen molar-refractivity contribution in [3.63, 3.8) is 0 Å². The van der Waals surface area contributed by atoms with Crippen LogP contribution in [0.2, 0.25) is 0 Å². The summed E-state index contributed by atoms with van der Waals surface area (Å²) >= 11 is 3.37. The van der Waals surface area contributed by atoms with E-state index in [2.05, 4.69) is 20.9 Å². The van der Waals surface area contributed by atoms with E-state index in [0.717, 1.165) is 10.4 Å². The Morgan fingerprint density at radius 2 is 2.20 bits per heavy atom. The van der Waals surface area contributed by atoms with Crippen molar-refractivity contribution in [1.29, 1.82) is 0 Å². The number of imidazole rings is 1. The number of hydrogen-bond donors (Lipinski definition) is 1. The molecule has 0 bridgehead atoms. The summed E-state index contributed by atoms with van der Waals surface area (Å²) in [6.45, 7) is 6.22. The van der Waals surface area contributed by atoms with Gasteiger partial charge in [-0.15, -0.1) is 0 Å². The molecule has 0 aliphatic carbocycles. The van der Waals surface area contributed by atoms with E-state index in [1.807, 2.05) is 18.4 Å². The smallest absolute Gasteiger partial charge is 0.308 e. The van der Waals surface area contributed by atoms with E-state index in [9.17, 15) is 4.79 Å². The van der Waals surface area contributed by atoms with Crippen LogP contribution in [0.25, 0.3) is 0 Å². The van der Waals surface area contributed by atoms with E-state index in [0.29, 0.717) is 6.54 Å². The third-order valence-corrected chi connectivity index (χ3v) is 2.86. The van der Waals surface area contributed by atoms with Crippen molar-refractivity contribution in [2.24, 2.45) is 5.92 Å². The molecule has 0 saturated carbocycles. The maximum atomic E-state index is 10.8. The Kier molecular flexibility index (Phi) is 3.90. The van der Waals surface area contributed by atoms with Gasteiger partial charge >= 0.3 is 5.97 Å². The summed E-state index contributed by atoms with van der Waals surface area (Å²) in [4.78, 5) is 15.0. The standard InChI is InChI=1S/C10H15BrN2O2/c1-6(2)9-12-4-8(11)13(9)5-7(3)10(14)15/h4,6-7H,5H2,1-3H3,(H,14,15). The van der Waals surface area contributed by atoms with Gasteiger partial charge in [-0.05, 0) is 15.9 Å². The second-order valence-corrected chi connectivity index (χ2v) is 4.76. The predicted octanol–water partition coefficient (Wildman–Crippen LogP) is 2.49. The van der Waals surface area contributed by atoms with E-state index in [1.54, 1.807) is 13.1 Å². The summed E-state index contributed by atoms with van der Waals surface area (Å²) in [6.07, 6.45) is 1.71. The molecule has 0 spiro atoms. The van der Waals surface area contributed by atoms with Crippen LogP contribution >= 0.6 is 15.9 Å². The third-order valence-electron chi connectivity index (χ3n) is 2.23. The molecule has 1 aromatic heterocycles. The minimum Gasteiger partial charge on any atom is -0.481 e. The average molecular weight is 275 g/mol. The number of aromatic nitrogens is 2. The largest absolute Gasteiger partial charge is 0.481 e. The molecular weight excluding hydrogens is 260 g/mol. The number of nitrogens with zero attached hydrogens (tertiary/aromatic N) is 2. The van der Waals surface area contributed by atoms with Gasteiger partial charge in [-0.1, -0.05) is 20.8 Å². The SMILES string of the molecule is CC(Cn1c(Br)cnc1C(C)C)C(=O)O. The Bertz CT molecular complexity index is 360. The summed E-state index contributed by atoms with van der Waals surface area (Å²) < 4.78 is 2.74. The summed E-state index contributed by atoms with van der Waals surface area (Å²) in [6, 6.07) is 0. The predicted molar refractivity (Wildman–Crippen MR) is 60.8 cm³/mol. The van der Waals surface area contributed by atoms with Gasteiger partial charge in [0.05, 0.1) is 12.1 Å². The van der Waals surface area contributed by atoms with Gasteiger partial charge < -0.3 is 9.67 Å². The monoisotopic (exact) mass is 274 g/mol. The van der Waals surface area contributed by atoms with Crippen LogP contribution in [0, 0.1) is 5.92 Å². The fourth-order valence-electron chi connectivity index (χ4n) is 1.36. The lowest BCUT2D eigenvalue weighted by atomic mass is 10.1. The molecule has 1 unspecified atom stereocenters.